The molecule has 29 heavy (non-hydrogen) atoms. The molecule has 3 aromatic rings. The number of nitrogens with one attached hydrogen (secondary N) is 2. The molecular weight excluding hydrogens is 366 g/mol. The molecule has 0 aliphatic heterocycles. The van der Waals surface area contributed by atoms with Gasteiger partial charge in [0, 0.05) is 17.8 Å². The standard InChI is InChI=1S/C23H23N3O3/c1-16-3-2-4-18(13-16)15-29-21-11-5-17(6-12-21)14-25-22(27)19-7-9-20(10-8-19)26-23(24)28/h2-13H,14-15H2,1H3,(H,25,27)(H3,24,26,28). The van der Waals surface area contributed by atoms with Crippen LogP contribution in [0, 0.1) is 6.92 Å². The summed E-state index contributed by atoms with van der Waals surface area (Å²) in [6.07, 6.45) is 0. The molecule has 0 atom stereocenters. The fourth-order valence-electron chi connectivity index (χ4n) is 2.80. The van der Waals surface area contributed by atoms with Gasteiger partial charge in [-0.3, -0.25) is 4.79 Å². The van der Waals surface area contributed by atoms with Gasteiger partial charge in [-0.25, -0.2) is 4.79 Å². The normalized spacial score (nSPS) is 10.2. The highest BCUT2D eigenvalue weighted by Crippen LogP contribution is 2.15. The van der Waals surface area contributed by atoms with Crippen LogP contribution in [0.5, 0.6) is 5.75 Å². The summed E-state index contributed by atoms with van der Waals surface area (Å²) in [5.41, 5.74) is 9.39. The number of hydrogen-bond acceptors (Lipinski definition) is 3. The molecule has 0 radical (unpaired) electrons. The largest absolute Gasteiger partial charge is 0.489 e. The Morgan fingerprint density at radius 2 is 1.66 bits per heavy atom. The van der Waals surface area contributed by atoms with Gasteiger partial charge in [0.2, 0.25) is 0 Å². The lowest BCUT2D eigenvalue weighted by molar-refractivity contribution is 0.0951. The number of benzene rings is 3. The summed E-state index contributed by atoms with van der Waals surface area (Å²) in [6.45, 7) is 2.97. The maximum Gasteiger partial charge on any atom is 0.316 e. The molecule has 0 aromatic heterocycles. The zero-order chi connectivity index (χ0) is 20.6. The third-order valence-electron chi connectivity index (χ3n) is 4.28. The molecule has 0 saturated heterocycles. The third kappa shape index (κ3) is 6.10. The quantitative estimate of drug-likeness (QED) is 0.570. The molecule has 0 heterocycles. The van der Waals surface area contributed by atoms with E-state index in [4.69, 9.17) is 10.5 Å². The van der Waals surface area contributed by atoms with Crippen LogP contribution >= 0.6 is 0 Å². The van der Waals surface area contributed by atoms with Crippen molar-refractivity contribution in [3.63, 3.8) is 0 Å². The Morgan fingerprint density at radius 3 is 2.31 bits per heavy atom. The Labute approximate surface area is 169 Å². The zero-order valence-corrected chi connectivity index (χ0v) is 16.1. The van der Waals surface area contributed by atoms with Gasteiger partial charge < -0.3 is 21.1 Å². The fourth-order valence-corrected chi connectivity index (χ4v) is 2.80. The van der Waals surface area contributed by atoms with E-state index in [9.17, 15) is 9.59 Å². The minimum Gasteiger partial charge on any atom is -0.489 e. The second-order valence-corrected chi connectivity index (χ2v) is 6.67. The number of hydrogen-bond donors (Lipinski definition) is 3. The van der Waals surface area contributed by atoms with Gasteiger partial charge in [-0.1, -0.05) is 42.0 Å². The summed E-state index contributed by atoms with van der Waals surface area (Å²) >= 11 is 0. The minimum absolute atomic E-state index is 0.199. The summed E-state index contributed by atoms with van der Waals surface area (Å²) < 4.78 is 5.81. The molecule has 4 N–H and O–H groups in total. The first-order valence-electron chi connectivity index (χ1n) is 9.21. The van der Waals surface area contributed by atoms with Crippen LogP contribution in [0.3, 0.4) is 0 Å². The molecule has 148 valence electrons. The van der Waals surface area contributed by atoms with Gasteiger partial charge in [0.15, 0.2) is 0 Å². The van der Waals surface area contributed by atoms with Gasteiger partial charge in [-0.15, -0.1) is 0 Å². The number of nitrogens with two attached hydrogens (primary N) is 1. The Bertz CT molecular complexity index is 983. The summed E-state index contributed by atoms with van der Waals surface area (Å²) in [4.78, 5) is 23.1. The molecule has 3 rings (SSSR count). The van der Waals surface area contributed by atoms with Crippen LogP contribution in [0.4, 0.5) is 10.5 Å². The van der Waals surface area contributed by atoms with Gasteiger partial charge >= 0.3 is 6.03 Å². The Morgan fingerprint density at radius 1 is 0.931 bits per heavy atom. The lowest BCUT2D eigenvalue weighted by Crippen LogP contribution is -2.23. The van der Waals surface area contributed by atoms with Crippen LogP contribution in [-0.2, 0) is 13.2 Å². The van der Waals surface area contributed by atoms with Gasteiger partial charge in [-0.05, 0) is 54.4 Å². The highest BCUT2D eigenvalue weighted by molar-refractivity contribution is 5.95. The Balaban J connectivity index is 1.49. The van der Waals surface area contributed by atoms with Crippen molar-refractivity contribution in [2.24, 2.45) is 5.73 Å². The number of carbonyl (C=O) groups is 2. The first-order valence-corrected chi connectivity index (χ1v) is 9.21. The van der Waals surface area contributed by atoms with Gasteiger partial charge in [0.05, 0.1) is 0 Å². The highest BCUT2D eigenvalue weighted by Gasteiger charge is 2.06. The summed E-state index contributed by atoms with van der Waals surface area (Å²) in [6, 6.07) is 21.7. The number of ether oxygens (including phenoxy) is 1. The topological polar surface area (TPSA) is 93.4 Å². The number of urea groups is 1. The summed E-state index contributed by atoms with van der Waals surface area (Å²) in [7, 11) is 0. The number of amides is 3. The molecule has 0 saturated carbocycles. The van der Waals surface area contributed by atoms with Crippen molar-refractivity contribution in [3.05, 3.63) is 95.1 Å². The first-order chi connectivity index (χ1) is 14.0. The van der Waals surface area contributed by atoms with Crippen LogP contribution < -0.4 is 21.1 Å². The third-order valence-corrected chi connectivity index (χ3v) is 4.28. The van der Waals surface area contributed by atoms with E-state index in [0.717, 1.165) is 16.9 Å². The van der Waals surface area contributed by atoms with E-state index in [-0.39, 0.29) is 5.91 Å². The van der Waals surface area contributed by atoms with Crippen molar-refractivity contribution < 1.29 is 14.3 Å². The summed E-state index contributed by atoms with van der Waals surface area (Å²) in [5.74, 6) is 0.578. The average molecular weight is 389 g/mol. The van der Waals surface area contributed by atoms with E-state index in [1.54, 1.807) is 24.3 Å². The van der Waals surface area contributed by atoms with Crippen LogP contribution in [0.1, 0.15) is 27.0 Å². The number of primary amides is 1. The van der Waals surface area contributed by atoms with Gasteiger partial charge in [0.1, 0.15) is 12.4 Å². The molecule has 6 nitrogen and oxygen atoms in total. The minimum atomic E-state index is -0.645. The molecule has 3 amide bonds. The number of carbonyl (C=O) groups excluding carboxylic acids is 2. The lowest BCUT2D eigenvalue weighted by atomic mass is 10.1. The van der Waals surface area contributed by atoms with E-state index in [1.165, 1.54) is 5.56 Å². The van der Waals surface area contributed by atoms with E-state index < -0.39 is 6.03 Å². The van der Waals surface area contributed by atoms with Crippen molar-refractivity contribution in [2.45, 2.75) is 20.1 Å². The van der Waals surface area contributed by atoms with Crippen molar-refractivity contribution >= 4 is 17.6 Å². The molecule has 0 fully saturated rings. The van der Waals surface area contributed by atoms with Gasteiger partial charge in [0.25, 0.3) is 5.91 Å². The Hall–Kier alpha value is -3.80. The van der Waals surface area contributed by atoms with Crippen molar-refractivity contribution in [1.82, 2.24) is 5.32 Å². The highest BCUT2D eigenvalue weighted by atomic mass is 16.5. The second kappa shape index (κ2) is 9.41. The predicted molar refractivity (Wildman–Crippen MR) is 113 cm³/mol. The maximum atomic E-state index is 12.3. The number of anilines is 1. The van der Waals surface area contributed by atoms with Gasteiger partial charge in [-0.2, -0.15) is 0 Å². The molecule has 3 aromatic carbocycles. The van der Waals surface area contributed by atoms with E-state index in [2.05, 4.69) is 29.7 Å². The molecular formula is C23H23N3O3. The van der Waals surface area contributed by atoms with Crippen molar-refractivity contribution in [1.29, 1.82) is 0 Å². The van der Waals surface area contributed by atoms with Crippen LogP contribution in [0.2, 0.25) is 0 Å². The molecule has 0 bridgehead atoms. The molecule has 0 aliphatic rings. The molecule has 0 unspecified atom stereocenters. The SMILES string of the molecule is Cc1cccc(COc2ccc(CNC(=O)c3ccc(NC(N)=O)cc3)cc2)c1. The predicted octanol–water partition coefficient (Wildman–Crippen LogP) is 3.99. The smallest absolute Gasteiger partial charge is 0.316 e. The van der Waals surface area contributed by atoms with Crippen LogP contribution in [0.25, 0.3) is 0 Å². The van der Waals surface area contributed by atoms with Crippen LogP contribution in [-0.4, -0.2) is 11.9 Å². The average Bonchev–Trinajstić information content (AvgIpc) is 2.71. The summed E-state index contributed by atoms with van der Waals surface area (Å²) in [5, 5.41) is 5.32. The molecule has 6 heteroatoms. The molecule has 0 spiro atoms. The second-order valence-electron chi connectivity index (χ2n) is 6.67. The fraction of sp³-hybridized carbons (Fsp3) is 0.130. The Kier molecular flexibility index (Phi) is 6.47. The zero-order valence-electron chi connectivity index (χ0n) is 16.1. The van der Waals surface area contributed by atoms with Crippen LogP contribution in [0.15, 0.2) is 72.8 Å². The first kappa shape index (κ1) is 19.9. The van der Waals surface area contributed by atoms with E-state index >= 15 is 0 Å². The van der Waals surface area contributed by atoms with Crippen molar-refractivity contribution in [2.75, 3.05) is 5.32 Å². The van der Waals surface area contributed by atoms with Crippen molar-refractivity contribution in [3.8, 4) is 5.75 Å². The van der Waals surface area contributed by atoms with E-state index in [0.29, 0.717) is 24.4 Å². The van der Waals surface area contributed by atoms with E-state index in [1.807, 2.05) is 36.4 Å². The number of aryl methyl sites for hydroxylation is 1. The lowest BCUT2D eigenvalue weighted by Gasteiger charge is -2.09. The number of rotatable bonds is 7. The molecule has 0 aliphatic carbocycles. The monoisotopic (exact) mass is 389 g/mol. The maximum absolute atomic E-state index is 12.3.